The number of hydrogen-bond acceptors (Lipinski definition) is 2. The lowest BCUT2D eigenvalue weighted by Crippen LogP contribution is -2.43. The van der Waals surface area contributed by atoms with Crippen LogP contribution < -0.4 is 5.32 Å². The maximum absolute atomic E-state index is 13.4. The van der Waals surface area contributed by atoms with Gasteiger partial charge in [-0.25, -0.2) is 4.39 Å². The molecule has 0 bridgehead atoms. The number of benzene rings is 2. The molecule has 1 aliphatic rings. The maximum Gasteiger partial charge on any atom is 0.254 e. The van der Waals surface area contributed by atoms with Crippen LogP contribution >= 0.6 is 0 Å². The third-order valence-electron chi connectivity index (χ3n) is 4.53. The highest BCUT2D eigenvalue weighted by Gasteiger charge is 2.34. The lowest BCUT2D eigenvalue weighted by Gasteiger charge is -2.24. The number of nitrogens with one attached hydrogen (secondary N) is 1. The molecular weight excluding hydrogens is 319 g/mol. The van der Waals surface area contributed by atoms with E-state index in [1.165, 1.54) is 23.1 Å². The van der Waals surface area contributed by atoms with Crippen LogP contribution in [0.25, 0.3) is 0 Å². The Bertz CT molecular complexity index is 819. The van der Waals surface area contributed by atoms with E-state index in [1.807, 2.05) is 32.0 Å². The van der Waals surface area contributed by atoms with E-state index in [-0.39, 0.29) is 17.4 Å². The molecule has 25 heavy (non-hydrogen) atoms. The second-order valence-corrected chi connectivity index (χ2v) is 6.47. The first-order chi connectivity index (χ1) is 12.0. The van der Waals surface area contributed by atoms with E-state index in [2.05, 4.69) is 5.32 Å². The largest absolute Gasteiger partial charge is 0.327 e. The minimum absolute atomic E-state index is 0.200. The zero-order valence-corrected chi connectivity index (χ0v) is 14.4. The fourth-order valence-corrected chi connectivity index (χ4v) is 3.24. The topological polar surface area (TPSA) is 49.4 Å². The molecule has 2 aromatic carbocycles. The van der Waals surface area contributed by atoms with Gasteiger partial charge in [0.05, 0.1) is 0 Å². The molecule has 0 aromatic heterocycles. The fraction of sp³-hybridized carbons (Fsp3) is 0.300. The van der Waals surface area contributed by atoms with Gasteiger partial charge in [0.25, 0.3) is 5.91 Å². The molecule has 0 spiro atoms. The van der Waals surface area contributed by atoms with E-state index in [0.29, 0.717) is 13.0 Å². The SMILES string of the molecule is Cc1ccc(NC(=O)[C@H]2CCCN2C(=O)c2cccc(F)c2)c(C)c1. The van der Waals surface area contributed by atoms with Crippen LogP contribution in [0.3, 0.4) is 0 Å². The summed E-state index contributed by atoms with van der Waals surface area (Å²) in [6, 6.07) is 10.9. The van der Waals surface area contributed by atoms with Crippen LogP contribution in [0.15, 0.2) is 42.5 Å². The summed E-state index contributed by atoms with van der Waals surface area (Å²) in [6.45, 7) is 4.43. The van der Waals surface area contributed by atoms with E-state index in [9.17, 15) is 14.0 Å². The van der Waals surface area contributed by atoms with Crippen molar-refractivity contribution in [3.63, 3.8) is 0 Å². The Kier molecular flexibility index (Phi) is 4.83. The van der Waals surface area contributed by atoms with Gasteiger partial charge in [-0.05, 0) is 56.5 Å². The average Bonchev–Trinajstić information content (AvgIpc) is 3.06. The van der Waals surface area contributed by atoms with Gasteiger partial charge in [0, 0.05) is 17.8 Å². The molecule has 130 valence electrons. The van der Waals surface area contributed by atoms with Crippen LogP contribution in [-0.4, -0.2) is 29.3 Å². The highest BCUT2D eigenvalue weighted by atomic mass is 19.1. The van der Waals surface area contributed by atoms with Gasteiger partial charge in [0.15, 0.2) is 0 Å². The highest BCUT2D eigenvalue weighted by molar-refractivity contribution is 6.01. The molecule has 0 radical (unpaired) electrons. The Morgan fingerprint density at radius 2 is 1.96 bits per heavy atom. The van der Waals surface area contributed by atoms with E-state index in [0.717, 1.165) is 23.2 Å². The lowest BCUT2D eigenvalue weighted by atomic mass is 10.1. The van der Waals surface area contributed by atoms with Crippen LogP contribution in [0.2, 0.25) is 0 Å². The molecule has 3 rings (SSSR count). The third kappa shape index (κ3) is 3.71. The first-order valence-electron chi connectivity index (χ1n) is 8.40. The van der Waals surface area contributed by atoms with E-state index >= 15 is 0 Å². The molecule has 0 aliphatic carbocycles. The summed E-state index contributed by atoms with van der Waals surface area (Å²) in [5, 5.41) is 2.92. The van der Waals surface area contributed by atoms with Crippen LogP contribution in [0.5, 0.6) is 0 Å². The van der Waals surface area contributed by atoms with Crippen molar-refractivity contribution in [2.45, 2.75) is 32.7 Å². The first kappa shape index (κ1) is 17.1. The molecule has 0 unspecified atom stereocenters. The molecule has 2 aromatic rings. The van der Waals surface area contributed by atoms with E-state index < -0.39 is 11.9 Å². The Morgan fingerprint density at radius 3 is 2.68 bits per heavy atom. The van der Waals surface area contributed by atoms with Gasteiger partial charge in [-0.15, -0.1) is 0 Å². The predicted molar refractivity (Wildman–Crippen MR) is 95.0 cm³/mol. The molecule has 1 aliphatic heterocycles. The average molecular weight is 340 g/mol. The van der Waals surface area contributed by atoms with Crippen molar-refractivity contribution in [1.82, 2.24) is 4.90 Å². The van der Waals surface area contributed by atoms with Crippen LogP contribution in [-0.2, 0) is 4.79 Å². The van der Waals surface area contributed by atoms with Crippen molar-refractivity contribution in [1.29, 1.82) is 0 Å². The molecule has 1 fully saturated rings. The van der Waals surface area contributed by atoms with Gasteiger partial charge in [0.2, 0.25) is 5.91 Å². The van der Waals surface area contributed by atoms with Gasteiger partial charge in [-0.2, -0.15) is 0 Å². The van der Waals surface area contributed by atoms with Gasteiger partial charge < -0.3 is 10.2 Å². The summed E-state index contributed by atoms with van der Waals surface area (Å²) in [4.78, 5) is 26.9. The Morgan fingerprint density at radius 1 is 1.16 bits per heavy atom. The number of anilines is 1. The van der Waals surface area contributed by atoms with Crippen LogP contribution in [0.1, 0.15) is 34.3 Å². The van der Waals surface area contributed by atoms with E-state index in [1.54, 1.807) is 6.07 Å². The number of aryl methyl sites for hydroxylation is 2. The maximum atomic E-state index is 13.4. The molecule has 5 heteroatoms. The zero-order valence-electron chi connectivity index (χ0n) is 14.4. The normalized spacial score (nSPS) is 16.8. The van der Waals surface area contributed by atoms with Crippen molar-refractivity contribution in [2.24, 2.45) is 0 Å². The number of hydrogen-bond donors (Lipinski definition) is 1. The molecule has 0 saturated carbocycles. The Labute approximate surface area is 146 Å². The summed E-state index contributed by atoms with van der Waals surface area (Å²) < 4.78 is 13.4. The predicted octanol–water partition coefficient (Wildman–Crippen LogP) is 3.69. The minimum atomic E-state index is -0.531. The number of rotatable bonds is 3. The van der Waals surface area contributed by atoms with Crippen molar-refractivity contribution in [3.8, 4) is 0 Å². The van der Waals surface area contributed by atoms with Crippen molar-refractivity contribution in [2.75, 3.05) is 11.9 Å². The van der Waals surface area contributed by atoms with Crippen molar-refractivity contribution >= 4 is 17.5 Å². The highest BCUT2D eigenvalue weighted by Crippen LogP contribution is 2.23. The fourth-order valence-electron chi connectivity index (χ4n) is 3.24. The molecule has 1 atom stereocenters. The molecule has 1 N–H and O–H groups in total. The second-order valence-electron chi connectivity index (χ2n) is 6.47. The number of carbonyl (C=O) groups excluding carboxylic acids is 2. The smallest absolute Gasteiger partial charge is 0.254 e. The van der Waals surface area contributed by atoms with Crippen LogP contribution in [0, 0.1) is 19.7 Å². The number of nitrogens with zero attached hydrogens (tertiary/aromatic N) is 1. The van der Waals surface area contributed by atoms with Gasteiger partial charge in [-0.1, -0.05) is 23.8 Å². The molecule has 1 heterocycles. The summed E-state index contributed by atoms with van der Waals surface area (Å²) >= 11 is 0. The summed E-state index contributed by atoms with van der Waals surface area (Å²) in [5.74, 6) is -0.965. The summed E-state index contributed by atoms with van der Waals surface area (Å²) in [6.07, 6.45) is 1.36. The second kappa shape index (κ2) is 7.05. The first-order valence-corrected chi connectivity index (χ1v) is 8.40. The molecule has 4 nitrogen and oxygen atoms in total. The standard InChI is InChI=1S/C20H21FN2O2/c1-13-8-9-17(14(2)11-13)22-19(24)18-7-4-10-23(18)20(25)15-5-3-6-16(21)12-15/h3,5-6,8-9,11-12,18H,4,7,10H2,1-2H3,(H,22,24)/t18-/m1/s1. The third-order valence-corrected chi connectivity index (χ3v) is 4.53. The molecular formula is C20H21FN2O2. The van der Waals surface area contributed by atoms with Gasteiger partial charge in [-0.3, -0.25) is 9.59 Å². The van der Waals surface area contributed by atoms with Gasteiger partial charge >= 0.3 is 0 Å². The van der Waals surface area contributed by atoms with E-state index in [4.69, 9.17) is 0 Å². The van der Waals surface area contributed by atoms with Crippen LogP contribution in [0.4, 0.5) is 10.1 Å². The molecule has 2 amide bonds. The summed E-state index contributed by atoms with van der Waals surface area (Å²) in [7, 11) is 0. The Hall–Kier alpha value is -2.69. The van der Waals surface area contributed by atoms with Crippen molar-refractivity contribution in [3.05, 3.63) is 65.0 Å². The van der Waals surface area contributed by atoms with Gasteiger partial charge in [0.1, 0.15) is 11.9 Å². The number of halogens is 1. The number of likely N-dealkylation sites (tertiary alicyclic amines) is 1. The van der Waals surface area contributed by atoms with Crippen molar-refractivity contribution < 1.29 is 14.0 Å². The lowest BCUT2D eigenvalue weighted by molar-refractivity contribution is -0.119. The monoisotopic (exact) mass is 340 g/mol. The Balaban J connectivity index is 1.76. The minimum Gasteiger partial charge on any atom is -0.327 e. The number of amides is 2. The summed E-state index contributed by atoms with van der Waals surface area (Å²) in [5.41, 5.74) is 3.13. The zero-order chi connectivity index (χ0) is 18.0. The quantitative estimate of drug-likeness (QED) is 0.926. The number of carbonyl (C=O) groups is 2. The molecule has 1 saturated heterocycles.